The number of thiazole rings is 1. The van der Waals surface area contributed by atoms with Crippen LogP contribution < -0.4 is 0 Å². The van der Waals surface area contributed by atoms with Crippen LogP contribution in [0.3, 0.4) is 0 Å². The lowest BCUT2D eigenvalue weighted by Gasteiger charge is -1.98. The summed E-state index contributed by atoms with van der Waals surface area (Å²) in [6.07, 6.45) is 7.20. The summed E-state index contributed by atoms with van der Waals surface area (Å²) in [6, 6.07) is 0. The summed E-state index contributed by atoms with van der Waals surface area (Å²) in [7, 11) is 0. The monoisotopic (exact) mass is 205 g/mol. The summed E-state index contributed by atoms with van der Waals surface area (Å²) < 4.78 is 3.76. The van der Waals surface area contributed by atoms with E-state index in [2.05, 4.69) is 22.2 Å². The molecule has 0 aliphatic carbocycles. The molecule has 3 rings (SSSR count). The normalized spacial score (nSPS) is 11.2. The lowest BCUT2D eigenvalue weighted by molar-refractivity contribution is 0.771. The summed E-state index contributed by atoms with van der Waals surface area (Å²) in [6.45, 7) is 2.05. The molecule has 0 unspecified atom stereocenters. The fourth-order valence-corrected chi connectivity index (χ4v) is 2.39. The summed E-state index contributed by atoms with van der Waals surface area (Å²) in [4.78, 5) is 6.39. The fraction of sp³-hybridized carbons (Fsp3) is 0.125. The zero-order valence-corrected chi connectivity index (χ0v) is 8.27. The molecule has 0 fully saturated rings. The minimum absolute atomic E-state index is 0.980. The molecule has 14 heavy (non-hydrogen) atoms. The number of nitrogens with zero attached hydrogens (tertiary/aromatic N) is 5. The highest BCUT2D eigenvalue weighted by molar-refractivity contribution is 7.17. The summed E-state index contributed by atoms with van der Waals surface area (Å²) in [5.74, 6) is 1.01. The van der Waals surface area contributed by atoms with Crippen molar-refractivity contribution in [1.82, 2.24) is 24.4 Å². The molecule has 0 bridgehead atoms. The maximum Gasteiger partial charge on any atom is 0.195 e. The Morgan fingerprint density at radius 1 is 1.29 bits per heavy atom. The van der Waals surface area contributed by atoms with E-state index in [1.165, 1.54) is 4.88 Å². The van der Waals surface area contributed by atoms with E-state index < -0.39 is 0 Å². The molecule has 6 heteroatoms. The minimum atomic E-state index is 0.980. The predicted molar refractivity (Wildman–Crippen MR) is 52.7 cm³/mol. The van der Waals surface area contributed by atoms with E-state index in [4.69, 9.17) is 0 Å². The second-order valence-corrected chi connectivity index (χ2v) is 4.09. The molecule has 0 spiro atoms. The zero-order chi connectivity index (χ0) is 9.54. The number of hydrogen-bond acceptors (Lipinski definition) is 4. The first-order valence-electron chi connectivity index (χ1n) is 4.15. The van der Waals surface area contributed by atoms with Crippen molar-refractivity contribution in [3.63, 3.8) is 0 Å². The van der Waals surface area contributed by atoms with E-state index in [9.17, 15) is 0 Å². The topological polar surface area (TPSA) is 48.0 Å². The maximum atomic E-state index is 4.23. The Hall–Kier alpha value is -1.69. The van der Waals surface area contributed by atoms with Gasteiger partial charge in [0.25, 0.3) is 0 Å². The van der Waals surface area contributed by atoms with Crippen LogP contribution in [0.15, 0.2) is 24.8 Å². The molecule has 0 radical (unpaired) electrons. The summed E-state index contributed by atoms with van der Waals surface area (Å²) >= 11 is 1.65. The second-order valence-electron chi connectivity index (χ2n) is 2.91. The van der Waals surface area contributed by atoms with Gasteiger partial charge in [0.05, 0.1) is 12.4 Å². The van der Waals surface area contributed by atoms with Crippen LogP contribution >= 0.6 is 11.3 Å². The first-order chi connectivity index (χ1) is 6.86. The molecule has 70 valence electrons. The van der Waals surface area contributed by atoms with E-state index in [1.54, 1.807) is 28.4 Å². The van der Waals surface area contributed by atoms with Gasteiger partial charge >= 0.3 is 0 Å². The van der Waals surface area contributed by atoms with Crippen LogP contribution in [0.5, 0.6) is 0 Å². The van der Waals surface area contributed by atoms with E-state index in [0.717, 1.165) is 10.8 Å². The number of hydrogen-bond donors (Lipinski definition) is 0. The Balaban J connectivity index is 2.38. The largest absolute Gasteiger partial charge is 0.275 e. The third-order valence-corrected chi connectivity index (χ3v) is 3.01. The van der Waals surface area contributed by atoms with Crippen molar-refractivity contribution in [3.8, 4) is 5.82 Å². The molecule has 5 nitrogen and oxygen atoms in total. The Labute approximate surface area is 83.6 Å². The Morgan fingerprint density at radius 2 is 2.21 bits per heavy atom. The van der Waals surface area contributed by atoms with Crippen molar-refractivity contribution < 1.29 is 0 Å². The van der Waals surface area contributed by atoms with Gasteiger partial charge in [-0.15, -0.1) is 5.10 Å². The predicted octanol–water partition coefficient (Wildman–Crippen LogP) is 1.28. The highest BCUT2D eigenvalue weighted by Crippen LogP contribution is 2.23. The lowest BCUT2D eigenvalue weighted by atomic mass is 10.5. The van der Waals surface area contributed by atoms with E-state index in [-0.39, 0.29) is 0 Å². The molecule has 0 aliphatic heterocycles. The van der Waals surface area contributed by atoms with E-state index in [0.29, 0.717) is 0 Å². The van der Waals surface area contributed by atoms with Gasteiger partial charge in [-0.2, -0.15) is 0 Å². The standard InChI is InChI=1S/C8H7N5S/c1-6-7(13-5-3-10-11-13)12-4-2-9-8(12)14-6/h2-5H,1H3. The van der Waals surface area contributed by atoms with Crippen molar-refractivity contribution >= 4 is 16.3 Å². The van der Waals surface area contributed by atoms with Crippen molar-refractivity contribution in [2.24, 2.45) is 0 Å². The van der Waals surface area contributed by atoms with Crippen molar-refractivity contribution in [2.45, 2.75) is 6.92 Å². The molecular weight excluding hydrogens is 198 g/mol. The van der Waals surface area contributed by atoms with Gasteiger partial charge in [0.2, 0.25) is 0 Å². The quantitative estimate of drug-likeness (QED) is 0.601. The minimum Gasteiger partial charge on any atom is -0.275 e. The van der Waals surface area contributed by atoms with Gasteiger partial charge in [-0.3, -0.25) is 4.40 Å². The number of aryl methyl sites for hydroxylation is 1. The van der Waals surface area contributed by atoms with Gasteiger partial charge in [-0.25, -0.2) is 9.67 Å². The number of imidazole rings is 1. The van der Waals surface area contributed by atoms with Crippen LogP contribution in [0, 0.1) is 6.92 Å². The highest BCUT2D eigenvalue weighted by Gasteiger charge is 2.10. The van der Waals surface area contributed by atoms with Crippen molar-refractivity contribution in [3.05, 3.63) is 29.7 Å². The number of fused-ring (bicyclic) bond motifs is 1. The van der Waals surface area contributed by atoms with Gasteiger partial charge in [-0.05, 0) is 6.92 Å². The third kappa shape index (κ3) is 0.912. The van der Waals surface area contributed by atoms with Gasteiger partial charge in [-0.1, -0.05) is 16.6 Å². The molecule has 0 aromatic carbocycles. The van der Waals surface area contributed by atoms with Crippen LogP contribution in [0.2, 0.25) is 0 Å². The Morgan fingerprint density at radius 3 is 3.00 bits per heavy atom. The lowest BCUT2D eigenvalue weighted by Crippen LogP contribution is -2.00. The first-order valence-corrected chi connectivity index (χ1v) is 4.97. The summed E-state index contributed by atoms with van der Waals surface area (Å²) in [5.41, 5.74) is 0. The third-order valence-electron chi connectivity index (χ3n) is 2.03. The van der Waals surface area contributed by atoms with Gasteiger partial charge in [0.1, 0.15) is 0 Å². The van der Waals surface area contributed by atoms with E-state index >= 15 is 0 Å². The summed E-state index contributed by atoms with van der Waals surface area (Å²) in [5, 5.41) is 7.77. The zero-order valence-electron chi connectivity index (χ0n) is 7.45. The van der Waals surface area contributed by atoms with Gasteiger partial charge < -0.3 is 0 Å². The smallest absolute Gasteiger partial charge is 0.195 e. The van der Waals surface area contributed by atoms with Gasteiger partial charge in [0.15, 0.2) is 10.8 Å². The van der Waals surface area contributed by atoms with Crippen LogP contribution in [0.25, 0.3) is 10.8 Å². The number of aromatic nitrogens is 5. The first kappa shape index (κ1) is 7.69. The number of rotatable bonds is 1. The van der Waals surface area contributed by atoms with Crippen LogP contribution in [-0.2, 0) is 0 Å². The molecule has 3 aromatic rings. The Kier molecular flexibility index (Phi) is 1.45. The molecule has 0 saturated heterocycles. The molecule has 0 atom stereocenters. The molecule has 0 N–H and O–H groups in total. The van der Waals surface area contributed by atoms with Crippen molar-refractivity contribution in [2.75, 3.05) is 0 Å². The molecule has 3 heterocycles. The molecule has 3 aromatic heterocycles. The van der Waals surface area contributed by atoms with Crippen LogP contribution in [0.1, 0.15) is 4.88 Å². The molecular formula is C8H7N5S. The molecule has 0 saturated carbocycles. The van der Waals surface area contributed by atoms with Gasteiger partial charge in [0, 0.05) is 17.3 Å². The highest BCUT2D eigenvalue weighted by atomic mass is 32.1. The molecule has 0 aliphatic rings. The van der Waals surface area contributed by atoms with Crippen LogP contribution in [-0.4, -0.2) is 24.4 Å². The Bertz CT molecular complexity index is 562. The second kappa shape index (κ2) is 2.65. The fourth-order valence-electron chi connectivity index (χ4n) is 1.47. The average molecular weight is 205 g/mol. The van der Waals surface area contributed by atoms with E-state index in [1.807, 2.05) is 16.8 Å². The average Bonchev–Trinajstić information content (AvgIpc) is 2.78. The molecule has 0 amide bonds. The maximum absolute atomic E-state index is 4.23. The van der Waals surface area contributed by atoms with Crippen molar-refractivity contribution in [1.29, 1.82) is 0 Å². The SMILES string of the molecule is Cc1sc2nccn2c1-n1ccnn1. The van der Waals surface area contributed by atoms with Crippen LogP contribution in [0.4, 0.5) is 0 Å².